The zero-order chi connectivity index (χ0) is 11.5. The van der Waals surface area contributed by atoms with Gasteiger partial charge in [0.05, 0.1) is 18.6 Å². The molecule has 3 nitrogen and oxygen atoms in total. The molecule has 0 amide bonds. The number of hydrogen-bond acceptors (Lipinski definition) is 4. The van der Waals surface area contributed by atoms with Gasteiger partial charge < -0.3 is 10.2 Å². The number of aliphatic hydroxyl groups is 2. The summed E-state index contributed by atoms with van der Waals surface area (Å²) in [6.07, 6.45) is -2.10. The Morgan fingerprint density at radius 3 is 2.88 bits per heavy atom. The Morgan fingerprint density at radius 1 is 1.31 bits per heavy atom. The third kappa shape index (κ3) is 1.93. The van der Waals surface area contributed by atoms with E-state index in [0.717, 1.165) is 10.1 Å². The highest BCUT2D eigenvalue weighted by atomic mass is 32.1. The van der Waals surface area contributed by atoms with Crippen molar-refractivity contribution in [3.8, 4) is 6.07 Å². The highest BCUT2D eigenvalue weighted by Crippen LogP contribution is 2.30. The van der Waals surface area contributed by atoms with Crippen LogP contribution in [0.5, 0.6) is 0 Å². The van der Waals surface area contributed by atoms with E-state index in [-0.39, 0.29) is 6.42 Å². The number of rotatable bonds is 3. The summed E-state index contributed by atoms with van der Waals surface area (Å²) in [6, 6.07) is 9.35. The van der Waals surface area contributed by atoms with E-state index in [4.69, 9.17) is 5.26 Å². The standard InChI is InChI=1S/C12H11NO2S/c13-6-4-10(14)12(15)9-2-1-3-11-8(9)5-7-16-11/h1-3,5,7,10,12,14-15H,4H2. The van der Waals surface area contributed by atoms with Gasteiger partial charge in [0, 0.05) is 4.70 Å². The van der Waals surface area contributed by atoms with Gasteiger partial charge in [0.25, 0.3) is 0 Å². The van der Waals surface area contributed by atoms with Crippen molar-refractivity contribution < 1.29 is 10.2 Å². The number of benzene rings is 1. The largest absolute Gasteiger partial charge is 0.389 e. The maximum Gasteiger partial charge on any atom is 0.106 e. The van der Waals surface area contributed by atoms with E-state index >= 15 is 0 Å². The lowest BCUT2D eigenvalue weighted by molar-refractivity contribution is 0.0225. The molecule has 0 fully saturated rings. The molecular formula is C12H11NO2S. The Balaban J connectivity index is 2.39. The maximum absolute atomic E-state index is 9.94. The third-order valence-corrected chi connectivity index (χ3v) is 3.40. The normalized spacial score (nSPS) is 14.6. The zero-order valence-electron chi connectivity index (χ0n) is 8.50. The summed E-state index contributed by atoms with van der Waals surface area (Å²) in [6.45, 7) is 0. The van der Waals surface area contributed by atoms with Crippen LogP contribution in [0.4, 0.5) is 0 Å². The summed E-state index contributed by atoms with van der Waals surface area (Å²) in [5.41, 5.74) is 0.682. The van der Waals surface area contributed by atoms with Crippen molar-refractivity contribution in [1.82, 2.24) is 0 Å². The molecule has 1 aromatic heterocycles. The Labute approximate surface area is 97.2 Å². The molecule has 0 aliphatic carbocycles. The Bertz CT molecular complexity index is 529. The first-order chi connectivity index (χ1) is 7.74. The second kappa shape index (κ2) is 4.62. The minimum absolute atomic E-state index is 0.0678. The Kier molecular flexibility index (Phi) is 3.20. The fourth-order valence-corrected chi connectivity index (χ4v) is 2.51. The van der Waals surface area contributed by atoms with E-state index in [1.54, 1.807) is 17.4 Å². The van der Waals surface area contributed by atoms with E-state index in [1.807, 2.05) is 29.6 Å². The van der Waals surface area contributed by atoms with Crippen LogP contribution in [0, 0.1) is 11.3 Å². The predicted octanol–water partition coefficient (Wildman–Crippen LogP) is 2.21. The smallest absolute Gasteiger partial charge is 0.106 e. The maximum atomic E-state index is 9.94. The molecule has 0 spiro atoms. The van der Waals surface area contributed by atoms with Crippen LogP contribution < -0.4 is 0 Å². The van der Waals surface area contributed by atoms with Crippen LogP contribution in [0.2, 0.25) is 0 Å². The first-order valence-corrected chi connectivity index (χ1v) is 5.81. The third-order valence-electron chi connectivity index (χ3n) is 2.51. The van der Waals surface area contributed by atoms with E-state index in [1.165, 1.54) is 0 Å². The van der Waals surface area contributed by atoms with Gasteiger partial charge in [0.15, 0.2) is 0 Å². The van der Waals surface area contributed by atoms with Crippen LogP contribution in [0.25, 0.3) is 10.1 Å². The molecule has 2 atom stereocenters. The average Bonchev–Trinajstić information content (AvgIpc) is 2.76. The highest BCUT2D eigenvalue weighted by molar-refractivity contribution is 7.17. The fraction of sp³-hybridized carbons (Fsp3) is 0.250. The van der Waals surface area contributed by atoms with E-state index in [9.17, 15) is 10.2 Å². The first kappa shape index (κ1) is 11.1. The topological polar surface area (TPSA) is 64.2 Å². The number of thiophene rings is 1. The summed E-state index contributed by atoms with van der Waals surface area (Å²) in [4.78, 5) is 0. The van der Waals surface area contributed by atoms with E-state index < -0.39 is 12.2 Å². The summed E-state index contributed by atoms with van der Waals surface area (Å²) in [5, 5.41) is 30.9. The number of hydrogen-bond donors (Lipinski definition) is 2. The molecule has 0 radical (unpaired) electrons. The molecular weight excluding hydrogens is 222 g/mol. The summed E-state index contributed by atoms with van der Waals surface area (Å²) in [5.74, 6) is 0. The van der Waals surface area contributed by atoms with Crippen molar-refractivity contribution in [1.29, 1.82) is 5.26 Å². The monoisotopic (exact) mass is 233 g/mol. The molecule has 0 bridgehead atoms. The summed E-state index contributed by atoms with van der Waals surface area (Å²) in [7, 11) is 0. The SMILES string of the molecule is N#CCC(O)C(O)c1cccc2sccc12. The lowest BCUT2D eigenvalue weighted by atomic mass is 9.99. The number of nitrogens with zero attached hydrogens (tertiary/aromatic N) is 1. The average molecular weight is 233 g/mol. The van der Waals surface area contributed by atoms with Crippen LogP contribution in [0.15, 0.2) is 29.6 Å². The second-order valence-corrected chi connectivity index (χ2v) is 4.50. The molecule has 82 valence electrons. The fourth-order valence-electron chi connectivity index (χ4n) is 1.69. The minimum Gasteiger partial charge on any atom is -0.389 e. The van der Waals surface area contributed by atoms with Crippen molar-refractivity contribution >= 4 is 21.4 Å². The van der Waals surface area contributed by atoms with Gasteiger partial charge in [-0.2, -0.15) is 5.26 Å². The molecule has 1 heterocycles. The summed E-state index contributed by atoms with van der Waals surface area (Å²) >= 11 is 1.59. The molecule has 2 rings (SSSR count). The highest BCUT2D eigenvalue weighted by Gasteiger charge is 2.20. The van der Waals surface area contributed by atoms with Gasteiger partial charge in [0.1, 0.15) is 6.10 Å². The van der Waals surface area contributed by atoms with Crippen LogP contribution >= 0.6 is 11.3 Å². The molecule has 2 unspecified atom stereocenters. The van der Waals surface area contributed by atoms with Crippen molar-refractivity contribution in [3.63, 3.8) is 0 Å². The molecule has 4 heteroatoms. The van der Waals surface area contributed by atoms with Crippen LogP contribution in [-0.2, 0) is 0 Å². The Morgan fingerprint density at radius 2 is 2.12 bits per heavy atom. The van der Waals surface area contributed by atoms with Crippen molar-refractivity contribution in [3.05, 3.63) is 35.2 Å². The number of fused-ring (bicyclic) bond motifs is 1. The van der Waals surface area contributed by atoms with Gasteiger partial charge in [-0.3, -0.25) is 0 Å². The Hall–Kier alpha value is -1.41. The van der Waals surface area contributed by atoms with Gasteiger partial charge in [-0.15, -0.1) is 11.3 Å². The van der Waals surface area contributed by atoms with Gasteiger partial charge in [-0.25, -0.2) is 0 Å². The predicted molar refractivity (Wildman–Crippen MR) is 63.0 cm³/mol. The van der Waals surface area contributed by atoms with Crippen LogP contribution in [0.1, 0.15) is 18.1 Å². The van der Waals surface area contributed by atoms with Gasteiger partial charge in [-0.1, -0.05) is 12.1 Å². The van der Waals surface area contributed by atoms with Crippen molar-refractivity contribution in [2.75, 3.05) is 0 Å². The van der Waals surface area contributed by atoms with Gasteiger partial charge in [0.2, 0.25) is 0 Å². The zero-order valence-corrected chi connectivity index (χ0v) is 9.31. The molecule has 0 aliphatic rings. The first-order valence-electron chi connectivity index (χ1n) is 4.93. The molecule has 16 heavy (non-hydrogen) atoms. The van der Waals surface area contributed by atoms with Crippen molar-refractivity contribution in [2.24, 2.45) is 0 Å². The van der Waals surface area contributed by atoms with Gasteiger partial charge >= 0.3 is 0 Å². The molecule has 2 N–H and O–H groups in total. The molecule has 2 aromatic rings. The van der Waals surface area contributed by atoms with Gasteiger partial charge in [-0.05, 0) is 28.5 Å². The second-order valence-electron chi connectivity index (χ2n) is 3.55. The molecule has 1 aromatic carbocycles. The molecule has 0 saturated heterocycles. The lowest BCUT2D eigenvalue weighted by Crippen LogP contribution is -2.17. The molecule has 0 aliphatic heterocycles. The summed E-state index contributed by atoms with van der Waals surface area (Å²) < 4.78 is 1.07. The van der Waals surface area contributed by atoms with Crippen LogP contribution in [0.3, 0.4) is 0 Å². The quantitative estimate of drug-likeness (QED) is 0.854. The number of nitriles is 1. The van der Waals surface area contributed by atoms with E-state index in [0.29, 0.717) is 5.56 Å². The minimum atomic E-state index is -1.03. The number of aliphatic hydroxyl groups excluding tert-OH is 2. The van der Waals surface area contributed by atoms with Crippen LogP contribution in [-0.4, -0.2) is 16.3 Å². The lowest BCUT2D eigenvalue weighted by Gasteiger charge is -2.16. The molecule has 0 saturated carbocycles. The van der Waals surface area contributed by atoms with E-state index in [2.05, 4.69) is 0 Å². The van der Waals surface area contributed by atoms with Crippen molar-refractivity contribution in [2.45, 2.75) is 18.6 Å².